The number of aliphatic hydroxyl groups excluding tert-OH is 13. The first-order valence-electron chi connectivity index (χ1n) is 15.1. The van der Waals surface area contributed by atoms with Crippen LogP contribution in [0.25, 0.3) is 0 Å². The van der Waals surface area contributed by atoms with Gasteiger partial charge in [-0.25, -0.2) is 0 Å². The summed E-state index contributed by atoms with van der Waals surface area (Å²) in [7, 11) is 0. The summed E-state index contributed by atoms with van der Waals surface area (Å²) >= 11 is 0. The topological polar surface area (TPSA) is 357 Å². The predicted molar refractivity (Wildman–Crippen MR) is 145 cm³/mol. The van der Waals surface area contributed by atoms with Crippen molar-refractivity contribution in [3.63, 3.8) is 0 Å². The van der Waals surface area contributed by atoms with E-state index in [0.717, 1.165) is 6.92 Å². The Bertz CT molecular complexity index is 1030. The van der Waals surface area contributed by atoms with E-state index in [2.05, 4.69) is 5.32 Å². The number of hydrogen-bond acceptors (Lipinski definition) is 21. The van der Waals surface area contributed by atoms with Gasteiger partial charge in [-0.2, -0.15) is 0 Å². The fraction of sp³-hybridized carbons (Fsp3) is 0.962. The molecule has 0 spiro atoms. The molecular weight excluding hydrogens is 662 g/mol. The molecule has 0 aromatic rings. The fourth-order valence-corrected chi connectivity index (χ4v) is 5.95. The van der Waals surface area contributed by atoms with Gasteiger partial charge >= 0.3 is 0 Å². The number of carbonyl (C=O) groups excluding carboxylic acids is 1. The summed E-state index contributed by atoms with van der Waals surface area (Å²) in [4.78, 5) is 12.2. The Morgan fingerprint density at radius 2 is 0.958 bits per heavy atom. The van der Waals surface area contributed by atoms with Crippen molar-refractivity contribution in [2.75, 3.05) is 26.4 Å². The SMILES string of the molecule is CC(=O)N[C@H]1[C@H](O[C@@H]2[C@@H](O)[C@@H](CO)O[C@@H](O[C@H]3[C@H](O)[C@@H](O)[C@H](O)O[C@@H]3CO)[C@@H]2O)O[C@H](CO)[C@@H](O[C@@H]2O[C@H](CO)[C@H](O)[C@H](O)[C@H]2O)[C@@H]1O. The molecule has 4 saturated heterocycles. The van der Waals surface area contributed by atoms with E-state index in [9.17, 15) is 71.2 Å². The molecule has 0 bridgehead atoms. The molecule has 48 heavy (non-hydrogen) atoms. The third kappa shape index (κ3) is 8.08. The lowest BCUT2D eigenvalue weighted by Crippen LogP contribution is -2.69. The lowest BCUT2D eigenvalue weighted by Gasteiger charge is -2.49. The Labute approximate surface area is 272 Å². The highest BCUT2D eigenvalue weighted by Crippen LogP contribution is 2.34. The largest absolute Gasteiger partial charge is 0.394 e. The second-order valence-electron chi connectivity index (χ2n) is 11.9. The molecule has 1 amide bonds. The Kier molecular flexibility index (Phi) is 13.8. The highest BCUT2D eigenvalue weighted by atomic mass is 16.8. The second-order valence-corrected chi connectivity index (χ2v) is 11.9. The smallest absolute Gasteiger partial charge is 0.217 e. The van der Waals surface area contributed by atoms with Crippen LogP contribution in [0.15, 0.2) is 0 Å². The minimum atomic E-state index is -2.02. The maximum absolute atomic E-state index is 12.2. The first-order chi connectivity index (χ1) is 22.7. The molecule has 22 heteroatoms. The molecule has 0 unspecified atom stereocenters. The number of hydrogen-bond donors (Lipinski definition) is 14. The Balaban J connectivity index is 1.56. The quantitative estimate of drug-likeness (QED) is 0.0947. The van der Waals surface area contributed by atoms with Crippen molar-refractivity contribution in [2.45, 2.75) is 130 Å². The van der Waals surface area contributed by atoms with Crippen molar-refractivity contribution in [3.05, 3.63) is 0 Å². The molecule has 0 aromatic carbocycles. The van der Waals surface area contributed by atoms with Gasteiger partial charge in [0.1, 0.15) is 97.6 Å². The van der Waals surface area contributed by atoms with Crippen molar-refractivity contribution in [3.8, 4) is 0 Å². The third-order valence-corrected chi connectivity index (χ3v) is 8.61. The van der Waals surface area contributed by atoms with Gasteiger partial charge in [0.15, 0.2) is 25.2 Å². The molecule has 22 nitrogen and oxygen atoms in total. The van der Waals surface area contributed by atoms with Crippen molar-refractivity contribution >= 4 is 5.91 Å². The molecule has 0 aliphatic carbocycles. The minimum absolute atomic E-state index is 0.755. The average molecular weight is 708 g/mol. The predicted octanol–water partition coefficient (Wildman–Crippen LogP) is -9.61. The molecule has 0 aromatic heterocycles. The molecule has 4 aliphatic rings. The van der Waals surface area contributed by atoms with Gasteiger partial charge in [-0.15, -0.1) is 0 Å². The Hall–Kier alpha value is -1.33. The monoisotopic (exact) mass is 707 g/mol. The second kappa shape index (κ2) is 16.8. The first-order valence-corrected chi connectivity index (χ1v) is 15.1. The van der Waals surface area contributed by atoms with Crippen LogP contribution in [-0.4, -0.2) is 221 Å². The molecule has 280 valence electrons. The van der Waals surface area contributed by atoms with E-state index in [1.165, 1.54) is 0 Å². The van der Waals surface area contributed by atoms with E-state index in [4.69, 9.17) is 33.2 Å². The zero-order valence-electron chi connectivity index (χ0n) is 25.5. The van der Waals surface area contributed by atoms with E-state index in [1.807, 2.05) is 0 Å². The van der Waals surface area contributed by atoms with Crippen molar-refractivity contribution < 1.29 is 104 Å². The lowest BCUT2D eigenvalue weighted by atomic mass is 9.94. The summed E-state index contributed by atoms with van der Waals surface area (Å²) in [5, 5.41) is 136. The molecular formula is C26H45NO21. The first kappa shape index (κ1) is 39.5. The van der Waals surface area contributed by atoms with Crippen LogP contribution in [0.2, 0.25) is 0 Å². The van der Waals surface area contributed by atoms with E-state index in [0.29, 0.717) is 0 Å². The molecule has 0 saturated carbocycles. The minimum Gasteiger partial charge on any atom is -0.394 e. The molecule has 4 heterocycles. The average Bonchev–Trinajstić information content (AvgIpc) is 3.06. The van der Waals surface area contributed by atoms with Crippen LogP contribution in [0.5, 0.6) is 0 Å². The van der Waals surface area contributed by atoms with Gasteiger partial charge < -0.3 is 105 Å². The van der Waals surface area contributed by atoms with Gasteiger partial charge in [0.25, 0.3) is 0 Å². The highest BCUT2D eigenvalue weighted by molar-refractivity contribution is 5.73. The van der Waals surface area contributed by atoms with Gasteiger partial charge in [-0.05, 0) is 0 Å². The van der Waals surface area contributed by atoms with Crippen LogP contribution in [0.3, 0.4) is 0 Å². The lowest BCUT2D eigenvalue weighted by molar-refractivity contribution is -0.380. The molecule has 4 rings (SSSR count). The summed E-state index contributed by atoms with van der Waals surface area (Å²) in [5.74, 6) is -0.755. The van der Waals surface area contributed by atoms with E-state index >= 15 is 0 Å². The van der Waals surface area contributed by atoms with Gasteiger partial charge in [0.05, 0.1) is 26.4 Å². The number of ether oxygens (including phenoxy) is 7. The number of amides is 1. The maximum Gasteiger partial charge on any atom is 0.217 e. The summed E-state index contributed by atoms with van der Waals surface area (Å²) in [6.45, 7) is -2.37. The molecule has 0 radical (unpaired) electrons. The van der Waals surface area contributed by atoms with Gasteiger partial charge in [0.2, 0.25) is 5.91 Å². The number of carbonyl (C=O) groups is 1. The van der Waals surface area contributed by atoms with Crippen molar-refractivity contribution in [2.24, 2.45) is 0 Å². The van der Waals surface area contributed by atoms with Crippen molar-refractivity contribution in [1.29, 1.82) is 0 Å². The zero-order valence-corrected chi connectivity index (χ0v) is 25.5. The standard InChI is InChI=1S/C26H45NO21/c1-6(32)27-11-14(35)20(46-25-18(39)15(36)12(33)7(2-28)43-25)10(5-31)45-24(11)48-22-13(34)8(3-29)44-26(19(22)40)47-21-9(4-30)42-23(41)17(38)16(21)37/h7-26,28-31,33-41H,2-5H2,1H3,(H,27,32)/t7-,8-,9-,10-,11-,12+,13+,14-,15+,16-,17-,18-,19-,20-,21-,22-,23-,24+,25+,26+/m1/s1. The van der Waals surface area contributed by atoms with Crippen LogP contribution in [0.4, 0.5) is 0 Å². The Morgan fingerprint density at radius 3 is 1.50 bits per heavy atom. The summed E-state index contributed by atoms with van der Waals surface area (Å²) in [5.41, 5.74) is 0. The summed E-state index contributed by atoms with van der Waals surface area (Å²) < 4.78 is 38.5. The molecule has 4 aliphatic heterocycles. The van der Waals surface area contributed by atoms with Crippen molar-refractivity contribution in [1.82, 2.24) is 5.32 Å². The normalized spacial score (nSPS) is 50.2. The van der Waals surface area contributed by atoms with Crippen LogP contribution >= 0.6 is 0 Å². The van der Waals surface area contributed by atoms with E-state index in [1.54, 1.807) is 0 Å². The maximum atomic E-state index is 12.2. The van der Waals surface area contributed by atoms with E-state index in [-0.39, 0.29) is 0 Å². The molecule has 14 N–H and O–H groups in total. The van der Waals surface area contributed by atoms with Crippen LogP contribution < -0.4 is 5.32 Å². The van der Waals surface area contributed by atoms with Gasteiger partial charge in [0, 0.05) is 6.92 Å². The summed E-state index contributed by atoms with van der Waals surface area (Å²) in [6.07, 6.45) is -33.5. The molecule has 4 fully saturated rings. The van der Waals surface area contributed by atoms with E-state index < -0.39 is 155 Å². The highest BCUT2D eigenvalue weighted by Gasteiger charge is 2.55. The van der Waals surface area contributed by atoms with Gasteiger partial charge in [-0.1, -0.05) is 0 Å². The Morgan fingerprint density at radius 1 is 0.500 bits per heavy atom. The fourth-order valence-electron chi connectivity index (χ4n) is 5.95. The van der Waals surface area contributed by atoms with Crippen LogP contribution in [-0.2, 0) is 38.0 Å². The van der Waals surface area contributed by atoms with Crippen LogP contribution in [0, 0.1) is 0 Å². The number of rotatable bonds is 11. The summed E-state index contributed by atoms with van der Waals surface area (Å²) in [6, 6.07) is -1.61. The third-order valence-electron chi connectivity index (χ3n) is 8.61. The van der Waals surface area contributed by atoms with Crippen LogP contribution in [0.1, 0.15) is 6.92 Å². The van der Waals surface area contributed by atoms with Gasteiger partial charge in [-0.3, -0.25) is 4.79 Å². The number of aliphatic hydroxyl groups is 13. The number of nitrogens with one attached hydrogen (secondary N) is 1. The molecule has 20 atom stereocenters. The zero-order chi connectivity index (χ0) is 35.6.